The molecule has 5 N–H and O–H groups in total. The van der Waals surface area contributed by atoms with Gasteiger partial charge in [-0.05, 0) is 131 Å². The third-order valence-electron chi connectivity index (χ3n) is 15.7. The van der Waals surface area contributed by atoms with Crippen molar-refractivity contribution in [3.05, 3.63) is 140 Å². The second-order valence-corrected chi connectivity index (χ2v) is 21.0. The lowest BCUT2D eigenvalue weighted by Crippen LogP contribution is -2.45. The van der Waals surface area contributed by atoms with Gasteiger partial charge in [0.25, 0.3) is 0 Å². The molecule has 4 saturated heterocycles. The molecule has 2 aromatic heterocycles. The number of aromatic amines is 2. The predicted molar refractivity (Wildman–Crippen MR) is 296 cm³/mol. The summed E-state index contributed by atoms with van der Waals surface area (Å²) >= 11 is 0. The van der Waals surface area contributed by atoms with Crippen LogP contribution in [0.1, 0.15) is 81.5 Å². The van der Waals surface area contributed by atoms with Crippen molar-refractivity contribution >= 4 is 22.7 Å². The molecule has 6 aliphatic rings. The standard InChI is InChI=1S/C32H40N4O3.C28H32N4O3/c1-3-4-11-35-12-10-26(17-22(35)2)33-25-8-9-30-24(19-25)18-23-6-5-7-28(32(23)39-30)29-20-27(21-31(37)34-29)36-13-15-38-16-14-36;1-18-13-22(7-8-29-18)30-21-5-6-26-20(15-21)14-19-3-2-4-24(28(19)35-26)25-16-23(17-27(33)31-25)32-9-11-34-12-10-32/h5-9,19-22,26,33H,3-4,10-18H2,1-2H3,(H,34,37);2-6,15-18,22,29-30H,7-14H2,1H3,(H,31,33). The summed E-state index contributed by atoms with van der Waals surface area (Å²) in [4.78, 5) is 38.3. The van der Waals surface area contributed by atoms with Crippen LogP contribution in [0, 0.1) is 0 Å². The van der Waals surface area contributed by atoms with Crippen LogP contribution >= 0.6 is 0 Å². The van der Waals surface area contributed by atoms with E-state index in [1.165, 1.54) is 49.0 Å². The van der Waals surface area contributed by atoms with Crippen molar-refractivity contribution in [3.63, 3.8) is 0 Å². The van der Waals surface area contributed by atoms with Gasteiger partial charge in [0, 0.05) is 127 Å². The Morgan fingerprint density at radius 3 is 1.62 bits per heavy atom. The normalized spacial score (nSPS) is 21.3. The summed E-state index contributed by atoms with van der Waals surface area (Å²) in [6, 6.07) is 34.8. The Balaban J connectivity index is 0.000000160. The molecule has 14 nitrogen and oxygen atoms in total. The summed E-state index contributed by atoms with van der Waals surface area (Å²) < 4.78 is 23.9. The molecular weight excluding hydrogens is 929 g/mol. The van der Waals surface area contributed by atoms with E-state index in [4.69, 9.17) is 18.9 Å². The van der Waals surface area contributed by atoms with Crippen LogP contribution < -0.4 is 46.3 Å². The van der Waals surface area contributed by atoms with Crippen molar-refractivity contribution in [2.45, 2.75) is 96.3 Å². The number of ether oxygens (including phenoxy) is 4. The Morgan fingerprint density at radius 1 is 0.595 bits per heavy atom. The minimum Gasteiger partial charge on any atom is -0.456 e. The third-order valence-corrected chi connectivity index (χ3v) is 15.7. The summed E-state index contributed by atoms with van der Waals surface area (Å²) in [5, 5.41) is 11.0. The number of nitrogens with zero attached hydrogens (tertiary/aromatic N) is 3. The monoisotopic (exact) mass is 1000 g/mol. The van der Waals surface area contributed by atoms with Crippen molar-refractivity contribution in [2.75, 3.05) is 92.7 Å². The molecule has 4 unspecified atom stereocenters. The number of morpholine rings is 2. The molecule has 12 rings (SSSR count). The van der Waals surface area contributed by atoms with E-state index in [1.807, 2.05) is 24.3 Å². The van der Waals surface area contributed by atoms with E-state index < -0.39 is 0 Å². The zero-order valence-corrected chi connectivity index (χ0v) is 43.3. The summed E-state index contributed by atoms with van der Waals surface area (Å²) in [6.07, 6.45) is 8.74. The van der Waals surface area contributed by atoms with E-state index in [9.17, 15) is 9.59 Å². The zero-order chi connectivity index (χ0) is 50.5. The second kappa shape index (κ2) is 22.5. The maximum Gasteiger partial charge on any atom is 0.250 e. The van der Waals surface area contributed by atoms with Crippen LogP contribution in [0.3, 0.4) is 0 Å². The molecule has 388 valence electrons. The van der Waals surface area contributed by atoms with Crippen molar-refractivity contribution in [1.82, 2.24) is 20.2 Å². The molecule has 0 bridgehead atoms. The Hall–Kier alpha value is -6.58. The first-order valence-electron chi connectivity index (χ1n) is 27.2. The van der Waals surface area contributed by atoms with Crippen molar-refractivity contribution in [2.24, 2.45) is 0 Å². The number of hydrogen-bond donors (Lipinski definition) is 5. The molecule has 0 radical (unpaired) electrons. The van der Waals surface area contributed by atoms with Gasteiger partial charge in [0.2, 0.25) is 11.1 Å². The first-order chi connectivity index (χ1) is 36.2. The lowest BCUT2D eigenvalue weighted by Gasteiger charge is -2.38. The maximum absolute atomic E-state index is 12.6. The number of likely N-dealkylation sites (tertiary alicyclic amines) is 1. The summed E-state index contributed by atoms with van der Waals surface area (Å²) in [5.74, 6) is 3.41. The van der Waals surface area contributed by atoms with E-state index in [0.717, 1.165) is 139 Å². The largest absolute Gasteiger partial charge is 0.456 e. The molecule has 4 aromatic carbocycles. The van der Waals surface area contributed by atoms with Gasteiger partial charge < -0.3 is 59.6 Å². The minimum absolute atomic E-state index is 0.107. The smallest absolute Gasteiger partial charge is 0.250 e. The van der Waals surface area contributed by atoms with Crippen LogP contribution in [0.4, 0.5) is 22.7 Å². The van der Waals surface area contributed by atoms with Gasteiger partial charge in [-0.25, -0.2) is 0 Å². The third kappa shape index (κ3) is 11.4. The Labute approximate surface area is 434 Å². The van der Waals surface area contributed by atoms with E-state index >= 15 is 0 Å². The number of H-pyrrole nitrogens is 2. The van der Waals surface area contributed by atoms with Gasteiger partial charge in [-0.2, -0.15) is 0 Å². The van der Waals surface area contributed by atoms with E-state index in [-0.39, 0.29) is 11.1 Å². The lowest BCUT2D eigenvalue weighted by molar-refractivity contribution is 0.122. The number of pyridine rings is 2. The molecule has 4 fully saturated rings. The highest BCUT2D eigenvalue weighted by atomic mass is 16.5. The number of piperidine rings is 2. The van der Waals surface area contributed by atoms with Gasteiger partial charge in [0.05, 0.1) is 37.8 Å². The highest BCUT2D eigenvalue weighted by molar-refractivity contribution is 5.76. The number of anilines is 4. The fourth-order valence-electron chi connectivity index (χ4n) is 11.7. The fraction of sp³-hybridized carbons (Fsp3) is 0.433. The first-order valence-corrected chi connectivity index (χ1v) is 27.2. The summed E-state index contributed by atoms with van der Waals surface area (Å²) in [6.45, 7) is 16.2. The number of para-hydroxylation sites is 2. The highest BCUT2D eigenvalue weighted by Gasteiger charge is 2.28. The molecule has 74 heavy (non-hydrogen) atoms. The van der Waals surface area contributed by atoms with Crippen LogP contribution in [0.2, 0.25) is 0 Å². The van der Waals surface area contributed by atoms with Gasteiger partial charge in [0.1, 0.15) is 23.0 Å². The van der Waals surface area contributed by atoms with Crippen LogP contribution in [-0.4, -0.2) is 111 Å². The van der Waals surface area contributed by atoms with E-state index in [0.29, 0.717) is 50.6 Å². The highest BCUT2D eigenvalue weighted by Crippen LogP contribution is 2.45. The molecule has 0 saturated carbocycles. The number of benzene rings is 4. The van der Waals surface area contributed by atoms with Crippen molar-refractivity contribution in [3.8, 4) is 45.5 Å². The first kappa shape index (κ1) is 49.6. The number of rotatable bonds is 11. The van der Waals surface area contributed by atoms with E-state index in [2.05, 4.69) is 122 Å². The van der Waals surface area contributed by atoms with Gasteiger partial charge in [0.15, 0.2) is 0 Å². The Kier molecular flexibility index (Phi) is 15.1. The van der Waals surface area contributed by atoms with Gasteiger partial charge in [-0.1, -0.05) is 37.6 Å². The Bertz CT molecular complexity index is 3050. The van der Waals surface area contributed by atoms with Crippen LogP contribution in [0.15, 0.2) is 107 Å². The minimum atomic E-state index is -0.110. The topological polar surface area (TPSA) is 148 Å². The lowest BCUT2D eigenvalue weighted by atomic mass is 9.95. The summed E-state index contributed by atoms with van der Waals surface area (Å²) in [5.41, 5.74) is 11.9. The summed E-state index contributed by atoms with van der Waals surface area (Å²) in [7, 11) is 0. The molecule has 0 aliphatic carbocycles. The van der Waals surface area contributed by atoms with Gasteiger partial charge in [-0.15, -0.1) is 0 Å². The van der Waals surface area contributed by atoms with Crippen LogP contribution in [0.25, 0.3) is 22.5 Å². The maximum atomic E-state index is 12.6. The molecule has 6 aliphatic heterocycles. The number of aromatic nitrogens is 2. The molecule has 8 heterocycles. The number of unbranched alkanes of at least 4 members (excludes halogenated alkanes) is 1. The molecule has 4 atom stereocenters. The van der Waals surface area contributed by atoms with Crippen molar-refractivity contribution in [1.29, 1.82) is 0 Å². The second-order valence-electron chi connectivity index (χ2n) is 21.0. The van der Waals surface area contributed by atoms with Crippen molar-refractivity contribution < 1.29 is 18.9 Å². The average molecular weight is 1000 g/mol. The SMILES string of the molecule is CC1CC(Nc2ccc3c(c2)Cc2cccc(-c4cc(N5CCOCC5)cc(=O)[nH]4)c2O3)CCN1.CCCCN1CCC(Nc2ccc3c(c2)Cc2cccc(-c4cc(N5CCOCC5)cc(=O)[nH]4)c2O3)CC1C. The molecule has 0 amide bonds. The van der Waals surface area contributed by atoms with E-state index in [1.54, 1.807) is 12.1 Å². The van der Waals surface area contributed by atoms with Crippen LogP contribution in [-0.2, 0) is 22.3 Å². The van der Waals surface area contributed by atoms with Crippen LogP contribution in [0.5, 0.6) is 23.0 Å². The zero-order valence-electron chi connectivity index (χ0n) is 43.3. The molecule has 0 spiro atoms. The molecular formula is C60H72N8O6. The van der Waals surface area contributed by atoms with Gasteiger partial charge in [-0.3, -0.25) is 9.59 Å². The number of hydrogen-bond acceptors (Lipinski definition) is 12. The number of nitrogens with one attached hydrogen (secondary N) is 5. The number of fused-ring (bicyclic) bond motifs is 4. The fourth-order valence-corrected chi connectivity index (χ4v) is 11.7. The molecule has 14 heteroatoms. The van der Waals surface area contributed by atoms with Gasteiger partial charge >= 0.3 is 0 Å². The molecule has 6 aromatic rings. The average Bonchev–Trinajstić information content (AvgIpc) is 3.41. The Morgan fingerprint density at radius 2 is 1.12 bits per heavy atom. The predicted octanol–water partition coefficient (Wildman–Crippen LogP) is 9.77. The quantitative estimate of drug-likeness (QED) is 0.0841.